The number of furan rings is 1. The van der Waals surface area contributed by atoms with E-state index in [1.807, 2.05) is 38.3 Å². The topological polar surface area (TPSA) is 89.8 Å². The van der Waals surface area contributed by atoms with Crippen molar-refractivity contribution in [3.05, 3.63) is 47.9 Å². The molecule has 2 atom stereocenters. The van der Waals surface area contributed by atoms with Crippen molar-refractivity contribution >= 4 is 23.6 Å². The predicted octanol–water partition coefficient (Wildman–Crippen LogP) is 4.59. The van der Waals surface area contributed by atoms with E-state index in [0.717, 1.165) is 24.2 Å². The van der Waals surface area contributed by atoms with Crippen LogP contribution in [0.5, 0.6) is 11.5 Å². The van der Waals surface area contributed by atoms with Crippen molar-refractivity contribution in [2.75, 3.05) is 25.2 Å². The highest BCUT2D eigenvalue weighted by molar-refractivity contribution is 7.98. The third-order valence-corrected chi connectivity index (χ3v) is 5.37. The van der Waals surface area contributed by atoms with E-state index in [-0.39, 0.29) is 17.7 Å². The van der Waals surface area contributed by atoms with Crippen molar-refractivity contribution in [2.45, 2.75) is 52.1 Å². The Hall–Kier alpha value is -2.61. The lowest BCUT2D eigenvalue weighted by Crippen LogP contribution is -2.47. The first-order valence-corrected chi connectivity index (χ1v) is 12.4. The second-order valence-corrected chi connectivity index (χ2v) is 8.40. The van der Waals surface area contributed by atoms with Crippen LogP contribution in [0.4, 0.5) is 0 Å². The molecule has 0 spiro atoms. The lowest BCUT2D eigenvalue weighted by molar-refractivity contribution is -0.123. The number of rotatable bonds is 14. The van der Waals surface area contributed by atoms with Gasteiger partial charge in [-0.25, -0.2) is 0 Å². The Bertz CT molecular complexity index is 841. The Morgan fingerprint density at radius 2 is 1.78 bits per heavy atom. The number of benzene rings is 1. The monoisotopic (exact) mass is 462 g/mol. The average molecular weight is 463 g/mol. The van der Waals surface area contributed by atoms with Gasteiger partial charge in [0.05, 0.1) is 25.5 Å². The molecule has 0 bridgehead atoms. The van der Waals surface area contributed by atoms with Crippen LogP contribution in [0.25, 0.3) is 0 Å². The Morgan fingerprint density at radius 3 is 2.41 bits per heavy atom. The largest absolute Gasteiger partial charge is 0.490 e. The van der Waals surface area contributed by atoms with Gasteiger partial charge in [0, 0.05) is 0 Å². The van der Waals surface area contributed by atoms with Crippen molar-refractivity contribution in [3.8, 4) is 11.5 Å². The predicted molar refractivity (Wildman–Crippen MR) is 128 cm³/mol. The van der Waals surface area contributed by atoms with Gasteiger partial charge < -0.3 is 24.5 Å². The van der Waals surface area contributed by atoms with Gasteiger partial charge in [0.1, 0.15) is 6.04 Å². The minimum Gasteiger partial charge on any atom is -0.490 e. The van der Waals surface area contributed by atoms with Crippen LogP contribution in [0.1, 0.15) is 62.2 Å². The van der Waals surface area contributed by atoms with Gasteiger partial charge in [0.25, 0.3) is 5.91 Å². The highest BCUT2D eigenvalue weighted by Gasteiger charge is 2.24. The Balaban J connectivity index is 2.10. The first kappa shape index (κ1) is 25.6. The second-order valence-electron chi connectivity index (χ2n) is 7.42. The molecule has 8 heteroatoms. The fourth-order valence-corrected chi connectivity index (χ4v) is 3.46. The molecule has 32 heavy (non-hydrogen) atoms. The summed E-state index contributed by atoms with van der Waals surface area (Å²) in [5, 5.41) is 5.79. The van der Waals surface area contributed by atoms with Crippen LogP contribution in [0.2, 0.25) is 0 Å². The molecule has 7 nitrogen and oxygen atoms in total. The van der Waals surface area contributed by atoms with E-state index < -0.39 is 11.9 Å². The molecule has 0 fully saturated rings. The highest BCUT2D eigenvalue weighted by atomic mass is 32.2. The van der Waals surface area contributed by atoms with Gasteiger partial charge in [-0.15, -0.1) is 0 Å². The first-order chi connectivity index (χ1) is 15.5. The van der Waals surface area contributed by atoms with Gasteiger partial charge >= 0.3 is 0 Å². The standard InChI is InChI=1S/C24H34N2O5S/c1-5-12-29-20-10-9-18(16-22(20)30-13-6-2)17(3)25-23(27)19(11-15-32-4)26-24(28)21-8-7-14-31-21/h7-10,14,16-17,19H,5-6,11-13,15H2,1-4H3,(H,25,27)(H,26,28). The third kappa shape index (κ3) is 7.82. The normalized spacial score (nSPS) is 12.6. The van der Waals surface area contributed by atoms with Crippen LogP contribution in [0, 0.1) is 0 Å². The zero-order valence-electron chi connectivity index (χ0n) is 19.3. The van der Waals surface area contributed by atoms with Crippen molar-refractivity contribution in [3.63, 3.8) is 0 Å². The van der Waals surface area contributed by atoms with Gasteiger partial charge in [-0.05, 0) is 68.0 Å². The van der Waals surface area contributed by atoms with Crippen molar-refractivity contribution in [2.24, 2.45) is 0 Å². The Morgan fingerprint density at radius 1 is 1.06 bits per heavy atom. The summed E-state index contributed by atoms with van der Waals surface area (Å²) in [6.45, 7) is 7.20. The van der Waals surface area contributed by atoms with E-state index in [1.54, 1.807) is 23.9 Å². The fraction of sp³-hybridized carbons (Fsp3) is 0.500. The van der Waals surface area contributed by atoms with E-state index in [2.05, 4.69) is 17.6 Å². The number of carbonyl (C=O) groups is 2. The minimum atomic E-state index is -0.662. The second kappa shape index (κ2) is 13.7. The number of amides is 2. The van der Waals surface area contributed by atoms with Gasteiger partial charge in [-0.2, -0.15) is 11.8 Å². The first-order valence-electron chi connectivity index (χ1n) is 11.0. The molecule has 2 rings (SSSR count). The van der Waals surface area contributed by atoms with Crippen LogP contribution in [-0.4, -0.2) is 43.1 Å². The van der Waals surface area contributed by atoms with E-state index in [9.17, 15) is 9.59 Å². The summed E-state index contributed by atoms with van der Waals surface area (Å²) in [6.07, 6.45) is 5.70. The van der Waals surface area contributed by atoms with E-state index in [4.69, 9.17) is 13.9 Å². The molecule has 2 amide bonds. The number of thioether (sulfide) groups is 1. The molecule has 1 aromatic carbocycles. The van der Waals surface area contributed by atoms with Crippen molar-refractivity contribution in [1.29, 1.82) is 0 Å². The Labute approximate surface area is 194 Å². The number of ether oxygens (including phenoxy) is 2. The summed E-state index contributed by atoms with van der Waals surface area (Å²) >= 11 is 1.62. The highest BCUT2D eigenvalue weighted by Crippen LogP contribution is 2.31. The van der Waals surface area contributed by atoms with E-state index in [1.165, 1.54) is 6.26 Å². The lowest BCUT2D eigenvalue weighted by atomic mass is 10.1. The molecule has 2 N–H and O–H groups in total. The zero-order valence-corrected chi connectivity index (χ0v) is 20.1. The molecule has 176 valence electrons. The molecule has 1 aromatic heterocycles. The third-order valence-electron chi connectivity index (χ3n) is 4.73. The fourth-order valence-electron chi connectivity index (χ4n) is 2.99. The molecule has 0 saturated heterocycles. The molecular weight excluding hydrogens is 428 g/mol. The van der Waals surface area contributed by atoms with Gasteiger partial charge in [0.2, 0.25) is 5.91 Å². The molecule has 1 heterocycles. The van der Waals surface area contributed by atoms with E-state index in [0.29, 0.717) is 31.1 Å². The molecule has 0 aliphatic carbocycles. The van der Waals surface area contributed by atoms with Gasteiger partial charge in [-0.3, -0.25) is 9.59 Å². The summed E-state index contributed by atoms with van der Waals surface area (Å²) in [7, 11) is 0. The van der Waals surface area contributed by atoms with Crippen LogP contribution >= 0.6 is 11.8 Å². The number of hydrogen-bond acceptors (Lipinski definition) is 6. The maximum Gasteiger partial charge on any atom is 0.287 e. The van der Waals surface area contributed by atoms with Crippen molar-refractivity contribution < 1.29 is 23.5 Å². The van der Waals surface area contributed by atoms with Crippen LogP contribution in [-0.2, 0) is 4.79 Å². The summed E-state index contributed by atoms with van der Waals surface area (Å²) in [4.78, 5) is 25.4. The molecule has 2 aromatic rings. The summed E-state index contributed by atoms with van der Waals surface area (Å²) in [6, 6.07) is 7.98. The zero-order chi connectivity index (χ0) is 23.3. The van der Waals surface area contributed by atoms with Crippen LogP contribution in [0.3, 0.4) is 0 Å². The Kier molecular flexibility index (Phi) is 11.0. The number of hydrogen-bond donors (Lipinski definition) is 2. The van der Waals surface area contributed by atoms with Crippen LogP contribution in [0.15, 0.2) is 41.0 Å². The van der Waals surface area contributed by atoms with E-state index >= 15 is 0 Å². The SMILES string of the molecule is CCCOc1ccc(C(C)NC(=O)C(CCSC)NC(=O)c2ccco2)cc1OCCC. The number of carbonyl (C=O) groups excluding carboxylic acids is 2. The summed E-state index contributed by atoms with van der Waals surface area (Å²) in [5.74, 6) is 1.64. The summed E-state index contributed by atoms with van der Waals surface area (Å²) in [5.41, 5.74) is 0.897. The van der Waals surface area contributed by atoms with Gasteiger partial charge in [0.15, 0.2) is 17.3 Å². The van der Waals surface area contributed by atoms with Gasteiger partial charge in [-0.1, -0.05) is 19.9 Å². The maximum absolute atomic E-state index is 13.0. The molecule has 0 aliphatic heterocycles. The summed E-state index contributed by atoms with van der Waals surface area (Å²) < 4.78 is 16.8. The molecule has 0 radical (unpaired) electrons. The smallest absolute Gasteiger partial charge is 0.287 e. The lowest BCUT2D eigenvalue weighted by Gasteiger charge is -2.22. The maximum atomic E-state index is 13.0. The molecule has 2 unspecified atom stereocenters. The van der Waals surface area contributed by atoms with Crippen molar-refractivity contribution in [1.82, 2.24) is 10.6 Å². The number of nitrogens with one attached hydrogen (secondary N) is 2. The minimum absolute atomic E-state index is 0.181. The van der Waals surface area contributed by atoms with Crippen LogP contribution < -0.4 is 20.1 Å². The molecule has 0 saturated carbocycles. The molecular formula is C24H34N2O5S. The quantitative estimate of drug-likeness (QED) is 0.427. The average Bonchev–Trinajstić information content (AvgIpc) is 3.34. The molecule has 0 aliphatic rings.